The lowest BCUT2D eigenvalue weighted by Crippen LogP contribution is -2.37. The summed E-state index contributed by atoms with van der Waals surface area (Å²) in [6, 6.07) is 0. The third kappa shape index (κ3) is 2.96. The number of aryl methyl sites for hydroxylation is 1. The monoisotopic (exact) mass is 280 g/mol. The summed E-state index contributed by atoms with van der Waals surface area (Å²) in [7, 11) is 4.03. The Bertz CT molecular complexity index is 572. The van der Waals surface area contributed by atoms with Gasteiger partial charge in [-0.2, -0.15) is 0 Å². The minimum Gasteiger partial charge on any atom is -0.336 e. The van der Waals surface area contributed by atoms with E-state index >= 15 is 0 Å². The number of hydrogen-bond acceptors (Lipinski definition) is 4. The van der Waals surface area contributed by atoms with E-state index in [-0.39, 0.29) is 5.91 Å². The average Bonchev–Trinajstić information content (AvgIpc) is 2.87. The number of amides is 1. The lowest BCUT2D eigenvalue weighted by Gasteiger charge is -2.22. The van der Waals surface area contributed by atoms with Crippen molar-refractivity contribution in [3.8, 4) is 0 Å². The first-order valence-electron chi connectivity index (χ1n) is 6.40. The molecular weight excluding hydrogens is 260 g/mol. The summed E-state index contributed by atoms with van der Waals surface area (Å²) in [6.07, 6.45) is 1.92. The molecule has 0 atom stereocenters. The Morgan fingerprint density at radius 1 is 1.42 bits per heavy atom. The van der Waals surface area contributed by atoms with Gasteiger partial charge in [-0.1, -0.05) is 0 Å². The molecule has 0 spiro atoms. The molecule has 1 amide bonds. The van der Waals surface area contributed by atoms with Crippen LogP contribution in [0.3, 0.4) is 0 Å². The van der Waals surface area contributed by atoms with Crippen LogP contribution in [0.25, 0.3) is 4.96 Å². The van der Waals surface area contributed by atoms with E-state index in [0.717, 1.165) is 30.3 Å². The smallest absolute Gasteiger partial charge is 0.271 e. The number of fused-ring (bicyclic) bond motifs is 1. The van der Waals surface area contributed by atoms with Crippen LogP contribution in [0, 0.1) is 6.92 Å². The number of hydrogen-bond donors (Lipinski definition) is 0. The molecule has 0 saturated carbocycles. The first kappa shape index (κ1) is 14.0. The highest BCUT2D eigenvalue weighted by Gasteiger charge is 2.19. The highest BCUT2D eigenvalue weighted by atomic mass is 32.1. The van der Waals surface area contributed by atoms with Crippen molar-refractivity contribution in [2.75, 3.05) is 33.7 Å². The first-order chi connectivity index (χ1) is 9.02. The maximum absolute atomic E-state index is 12.5. The van der Waals surface area contributed by atoms with Gasteiger partial charge in [0.25, 0.3) is 5.91 Å². The van der Waals surface area contributed by atoms with Crippen LogP contribution in [0.15, 0.2) is 11.6 Å². The van der Waals surface area contributed by atoms with E-state index in [1.165, 1.54) is 11.3 Å². The Kier molecular flexibility index (Phi) is 4.21. The van der Waals surface area contributed by atoms with Crippen molar-refractivity contribution in [2.24, 2.45) is 0 Å². The third-order valence-corrected chi connectivity index (χ3v) is 3.87. The molecular formula is C13H20N4OS. The Morgan fingerprint density at radius 2 is 2.16 bits per heavy atom. The number of likely N-dealkylation sites (N-methyl/N-ethyl adjacent to an activating group) is 2. The maximum Gasteiger partial charge on any atom is 0.271 e. The van der Waals surface area contributed by atoms with Gasteiger partial charge in [0.15, 0.2) is 4.96 Å². The summed E-state index contributed by atoms with van der Waals surface area (Å²) in [5, 5.41) is 1.89. The van der Waals surface area contributed by atoms with Gasteiger partial charge >= 0.3 is 0 Å². The van der Waals surface area contributed by atoms with Crippen molar-refractivity contribution >= 4 is 22.2 Å². The van der Waals surface area contributed by atoms with Gasteiger partial charge in [0, 0.05) is 31.2 Å². The van der Waals surface area contributed by atoms with E-state index < -0.39 is 0 Å². The van der Waals surface area contributed by atoms with Crippen molar-refractivity contribution in [1.29, 1.82) is 0 Å². The summed E-state index contributed by atoms with van der Waals surface area (Å²) in [5.74, 6) is 0.0769. The fourth-order valence-corrected chi connectivity index (χ4v) is 2.83. The summed E-state index contributed by atoms with van der Waals surface area (Å²) in [5.41, 5.74) is 1.65. The molecule has 0 aliphatic heterocycles. The zero-order chi connectivity index (χ0) is 14.0. The molecule has 0 unspecified atom stereocenters. The summed E-state index contributed by atoms with van der Waals surface area (Å²) in [4.78, 5) is 21.8. The molecule has 0 N–H and O–H groups in total. The summed E-state index contributed by atoms with van der Waals surface area (Å²) < 4.78 is 1.89. The number of rotatable bonds is 5. The second-order valence-electron chi connectivity index (χ2n) is 4.84. The quantitative estimate of drug-likeness (QED) is 0.837. The second-order valence-corrected chi connectivity index (χ2v) is 5.68. The molecule has 0 aliphatic rings. The number of aromatic nitrogens is 2. The SMILES string of the molecule is CCN(CCN(C)C)C(=O)c1csc2nc(C)cn12. The van der Waals surface area contributed by atoms with Crippen molar-refractivity contribution in [3.63, 3.8) is 0 Å². The van der Waals surface area contributed by atoms with Gasteiger partial charge in [-0.05, 0) is 27.9 Å². The molecule has 2 heterocycles. The normalized spacial score (nSPS) is 11.4. The molecule has 0 bridgehead atoms. The molecule has 5 nitrogen and oxygen atoms in total. The van der Waals surface area contributed by atoms with Crippen LogP contribution >= 0.6 is 11.3 Å². The van der Waals surface area contributed by atoms with E-state index in [1.54, 1.807) is 0 Å². The lowest BCUT2D eigenvalue weighted by atomic mass is 10.3. The average molecular weight is 280 g/mol. The molecule has 0 saturated heterocycles. The molecule has 2 aromatic heterocycles. The second kappa shape index (κ2) is 5.71. The molecule has 0 aromatic carbocycles. The van der Waals surface area contributed by atoms with Gasteiger partial charge in [-0.3, -0.25) is 9.20 Å². The van der Waals surface area contributed by atoms with Crippen molar-refractivity contribution in [3.05, 3.63) is 23.0 Å². The van der Waals surface area contributed by atoms with E-state index in [4.69, 9.17) is 0 Å². The molecule has 6 heteroatoms. The van der Waals surface area contributed by atoms with Crippen molar-refractivity contribution < 1.29 is 4.79 Å². The van der Waals surface area contributed by atoms with Crippen LogP contribution in [0.4, 0.5) is 0 Å². The van der Waals surface area contributed by atoms with Crippen LogP contribution in [0.5, 0.6) is 0 Å². The van der Waals surface area contributed by atoms with Crippen LogP contribution in [-0.2, 0) is 0 Å². The van der Waals surface area contributed by atoms with E-state index in [0.29, 0.717) is 5.69 Å². The van der Waals surface area contributed by atoms with E-state index in [2.05, 4.69) is 9.88 Å². The Balaban J connectivity index is 2.21. The molecule has 2 rings (SSSR count). The van der Waals surface area contributed by atoms with Gasteiger partial charge < -0.3 is 9.80 Å². The van der Waals surface area contributed by atoms with Gasteiger partial charge in [0.2, 0.25) is 0 Å². The highest BCUT2D eigenvalue weighted by molar-refractivity contribution is 7.15. The number of nitrogens with zero attached hydrogens (tertiary/aromatic N) is 4. The number of imidazole rings is 1. The zero-order valence-electron chi connectivity index (χ0n) is 11.9. The number of carbonyl (C=O) groups is 1. The van der Waals surface area contributed by atoms with Crippen LogP contribution in [-0.4, -0.2) is 58.8 Å². The van der Waals surface area contributed by atoms with Crippen LogP contribution < -0.4 is 0 Å². The third-order valence-electron chi connectivity index (χ3n) is 3.03. The first-order valence-corrected chi connectivity index (χ1v) is 7.28. The topological polar surface area (TPSA) is 40.8 Å². The van der Waals surface area contributed by atoms with Crippen molar-refractivity contribution in [2.45, 2.75) is 13.8 Å². The van der Waals surface area contributed by atoms with E-state index in [1.807, 2.05) is 48.8 Å². The largest absolute Gasteiger partial charge is 0.336 e. The minimum absolute atomic E-state index is 0.0769. The van der Waals surface area contributed by atoms with Gasteiger partial charge in [0.05, 0.1) is 5.69 Å². The maximum atomic E-state index is 12.5. The predicted molar refractivity (Wildman–Crippen MR) is 77.9 cm³/mol. The van der Waals surface area contributed by atoms with Crippen molar-refractivity contribution in [1.82, 2.24) is 19.2 Å². The molecule has 0 fully saturated rings. The molecule has 104 valence electrons. The van der Waals surface area contributed by atoms with Crippen LogP contribution in [0.2, 0.25) is 0 Å². The fraction of sp³-hybridized carbons (Fsp3) is 0.538. The van der Waals surface area contributed by atoms with Gasteiger partial charge in [-0.25, -0.2) is 4.98 Å². The highest BCUT2D eigenvalue weighted by Crippen LogP contribution is 2.18. The Morgan fingerprint density at radius 3 is 2.79 bits per heavy atom. The standard InChI is InChI=1S/C13H20N4OS/c1-5-16(7-6-15(3)4)12(18)11-9-19-13-14-10(2)8-17(11)13/h8-9H,5-7H2,1-4H3. The molecule has 2 aromatic rings. The Labute approximate surface area is 117 Å². The van der Waals surface area contributed by atoms with E-state index in [9.17, 15) is 4.79 Å². The van der Waals surface area contributed by atoms with Crippen LogP contribution in [0.1, 0.15) is 23.1 Å². The fourth-order valence-electron chi connectivity index (χ4n) is 1.94. The Hall–Kier alpha value is -1.40. The summed E-state index contributed by atoms with van der Waals surface area (Å²) >= 11 is 1.51. The molecule has 0 aliphatic carbocycles. The number of thiazole rings is 1. The molecule has 0 radical (unpaired) electrons. The summed E-state index contributed by atoms with van der Waals surface area (Å²) in [6.45, 7) is 6.29. The zero-order valence-corrected chi connectivity index (χ0v) is 12.7. The lowest BCUT2D eigenvalue weighted by molar-refractivity contribution is 0.0747. The number of carbonyl (C=O) groups excluding carboxylic acids is 1. The van der Waals surface area contributed by atoms with Gasteiger partial charge in [-0.15, -0.1) is 11.3 Å². The molecule has 19 heavy (non-hydrogen) atoms. The predicted octanol–water partition coefficient (Wildman–Crippen LogP) is 1.73. The minimum atomic E-state index is 0.0769. The van der Waals surface area contributed by atoms with Gasteiger partial charge in [0.1, 0.15) is 5.69 Å².